The van der Waals surface area contributed by atoms with E-state index in [0.717, 1.165) is 11.0 Å². The van der Waals surface area contributed by atoms with Crippen LogP contribution in [0.3, 0.4) is 0 Å². The lowest BCUT2D eigenvalue weighted by Gasteiger charge is -2.17. The Morgan fingerprint density at radius 2 is 2.06 bits per heavy atom. The molecule has 0 aromatic carbocycles. The molecule has 2 aromatic rings. The third-order valence-electron chi connectivity index (χ3n) is 2.18. The average molecular weight is 238 g/mol. The lowest BCUT2D eigenvalue weighted by atomic mass is 9.96. The molecule has 0 saturated carbocycles. The van der Waals surface area contributed by atoms with E-state index in [0.29, 0.717) is 5.65 Å². The van der Waals surface area contributed by atoms with E-state index in [1.165, 1.54) is 17.8 Å². The van der Waals surface area contributed by atoms with Gasteiger partial charge in [0.15, 0.2) is 10.8 Å². The van der Waals surface area contributed by atoms with Gasteiger partial charge in [-0.2, -0.15) is 0 Å². The molecule has 6 heteroatoms. The van der Waals surface area contributed by atoms with E-state index in [1.54, 1.807) is 4.52 Å². The van der Waals surface area contributed by atoms with Crippen molar-refractivity contribution < 1.29 is 0 Å². The Bertz CT molecular complexity index is 578. The van der Waals surface area contributed by atoms with Crippen LogP contribution in [0.5, 0.6) is 0 Å². The molecule has 0 spiro atoms. The molecule has 0 saturated heterocycles. The minimum absolute atomic E-state index is 0.125. The highest BCUT2D eigenvalue weighted by Gasteiger charge is 2.20. The van der Waals surface area contributed by atoms with Gasteiger partial charge in [0.25, 0.3) is 5.56 Å². The Morgan fingerprint density at radius 1 is 1.38 bits per heavy atom. The highest BCUT2D eigenvalue weighted by molar-refractivity contribution is 7.98. The van der Waals surface area contributed by atoms with Crippen LogP contribution in [0.25, 0.3) is 5.65 Å². The number of fused-ring (bicyclic) bond motifs is 1. The van der Waals surface area contributed by atoms with Gasteiger partial charge >= 0.3 is 0 Å². The van der Waals surface area contributed by atoms with Crippen LogP contribution in [0, 0.1) is 0 Å². The summed E-state index contributed by atoms with van der Waals surface area (Å²) < 4.78 is 1.61. The van der Waals surface area contributed by atoms with E-state index in [-0.39, 0.29) is 11.0 Å². The first-order chi connectivity index (χ1) is 7.41. The summed E-state index contributed by atoms with van der Waals surface area (Å²) in [5, 5.41) is 3.42. The molecule has 86 valence electrons. The first-order valence-corrected chi connectivity index (χ1v) is 6.18. The molecule has 0 radical (unpaired) electrons. The highest BCUT2D eigenvalue weighted by Crippen LogP contribution is 2.21. The smallest absolute Gasteiger partial charge is 0.266 e. The standard InChI is InChI=1S/C10H14N4OS/c1-10(2,3)8-11-6-5-7(15)13-14(6)9(12-8)16-4/h5H,1-4H3,(H,13,15). The van der Waals surface area contributed by atoms with E-state index < -0.39 is 0 Å². The van der Waals surface area contributed by atoms with Gasteiger partial charge in [-0.3, -0.25) is 9.89 Å². The molecule has 0 aliphatic heterocycles. The lowest BCUT2D eigenvalue weighted by Crippen LogP contribution is -2.18. The molecule has 2 heterocycles. The third-order valence-corrected chi connectivity index (χ3v) is 2.82. The van der Waals surface area contributed by atoms with Gasteiger partial charge in [0.2, 0.25) is 0 Å². The summed E-state index contributed by atoms with van der Waals surface area (Å²) in [5.74, 6) is 0.746. The lowest BCUT2D eigenvalue weighted by molar-refractivity contribution is 0.528. The monoisotopic (exact) mass is 238 g/mol. The first-order valence-electron chi connectivity index (χ1n) is 4.96. The fourth-order valence-electron chi connectivity index (χ4n) is 1.36. The van der Waals surface area contributed by atoms with Crippen molar-refractivity contribution in [3.8, 4) is 0 Å². The van der Waals surface area contributed by atoms with E-state index in [9.17, 15) is 4.79 Å². The van der Waals surface area contributed by atoms with Crippen molar-refractivity contribution in [2.45, 2.75) is 31.3 Å². The molecule has 0 aliphatic carbocycles. The Labute approximate surface area is 97.3 Å². The number of hydrogen-bond donors (Lipinski definition) is 1. The van der Waals surface area contributed by atoms with Gasteiger partial charge in [-0.1, -0.05) is 32.5 Å². The van der Waals surface area contributed by atoms with Crippen molar-refractivity contribution in [3.05, 3.63) is 22.2 Å². The predicted molar refractivity (Wildman–Crippen MR) is 64.1 cm³/mol. The van der Waals surface area contributed by atoms with Crippen molar-refractivity contribution >= 4 is 17.4 Å². The van der Waals surface area contributed by atoms with Crippen LogP contribution in [0.1, 0.15) is 26.6 Å². The second-order valence-electron chi connectivity index (χ2n) is 4.60. The number of rotatable bonds is 1. The van der Waals surface area contributed by atoms with Crippen LogP contribution in [0.4, 0.5) is 0 Å². The molecule has 0 aliphatic rings. The Morgan fingerprint density at radius 3 is 2.62 bits per heavy atom. The summed E-state index contributed by atoms with van der Waals surface area (Å²) in [7, 11) is 0. The molecule has 16 heavy (non-hydrogen) atoms. The number of nitrogens with zero attached hydrogens (tertiary/aromatic N) is 3. The maximum Gasteiger partial charge on any atom is 0.266 e. The number of H-pyrrole nitrogens is 1. The summed E-state index contributed by atoms with van der Waals surface area (Å²) in [5.41, 5.74) is 0.337. The van der Waals surface area contributed by atoms with Gasteiger partial charge in [-0.15, -0.1) is 0 Å². The van der Waals surface area contributed by atoms with Crippen molar-refractivity contribution in [1.82, 2.24) is 19.6 Å². The second-order valence-corrected chi connectivity index (χ2v) is 5.37. The minimum Gasteiger partial charge on any atom is -0.268 e. The van der Waals surface area contributed by atoms with E-state index in [2.05, 4.69) is 15.1 Å². The molecule has 5 nitrogen and oxygen atoms in total. The zero-order valence-electron chi connectivity index (χ0n) is 9.74. The Hall–Kier alpha value is -1.30. The van der Waals surface area contributed by atoms with Crippen LogP contribution in [0.15, 0.2) is 16.0 Å². The quantitative estimate of drug-likeness (QED) is 0.763. The highest BCUT2D eigenvalue weighted by atomic mass is 32.2. The topological polar surface area (TPSA) is 63.0 Å². The molecule has 1 N–H and O–H groups in total. The molecular weight excluding hydrogens is 224 g/mol. The van der Waals surface area contributed by atoms with Crippen molar-refractivity contribution in [3.63, 3.8) is 0 Å². The maximum atomic E-state index is 11.3. The molecule has 0 unspecified atom stereocenters. The van der Waals surface area contributed by atoms with E-state index in [1.807, 2.05) is 27.0 Å². The largest absolute Gasteiger partial charge is 0.268 e. The van der Waals surface area contributed by atoms with Gasteiger partial charge in [0.05, 0.1) is 0 Å². The Balaban J connectivity index is 2.77. The van der Waals surface area contributed by atoms with Crippen LogP contribution in [-0.4, -0.2) is 25.8 Å². The Kier molecular flexibility index (Phi) is 2.53. The van der Waals surface area contributed by atoms with Crippen LogP contribution in [-0.2, 0) is 5.41 Å². The van der Waals surface area contributed by atoms with Crippen LogP contribution in [0.2, 0.25) is 0 Å². The summed E-state index contributed by atoms with van der Waals surface area (Å²) >= 11 is 1.48. The van der Waals surface area contributed by atoms with Crippen LogP contribution >= 0.6 is 11.8 Å². The van der Waals surface area contributed by atoms with E-state index in [4.69, 9.17) is 0 Å². The molecule has 0 fully saturated rings. The number of aromatic amines is 1. The number of hydrogen-bond acceptors (Lipinski definition) is 4. The third kappa shape index (κ3) is 1.84. The molecule has 0 amide bonds. The number of thioether (sulfide) groups is 1. The predicted octanol–water partition coefficient (Wildman–Crippen LogP) is 1.44. The summed E-state index contributed by atoms with van der Waals surface area (Å²) in [4.78, 5) is 20.1. The number of aromatic nitrogens is 4. The normalized spacial score (nSPS) is 12.2. The molecular formula is C10H14N4OS. The van der Waals surface area contributed by atoms with Crippen LogP contribution < -0.4 is 5.56 Å². The van der Waals surface area contributed by atoms with Crippen molar-refractivity contribution in [2.24, 2.45) is 0 Å². The minimum atomic E-state index is -0.157. The van der Waals surface area contributed by atoms with Crippen molar-refractivity contribution in [2.75, 3.05) is 6.26 Å². The van der Waals surface area contributed by atoms with Crippen molar-refractivity contribution in [1.29, 1.82) is 0 Å². The fourth-order valence-corrected chi connectivity index (χ4v) is 1.86. The van der Waals surface area contributed by atoms with Gasteiger partial charge in [-0.05, 0) is 6.26 Å². The zero-order valence-corrected chi connectivity index (χ0v) is 10.6. The molecule has 2 aromatic heterocycles. The maximum absolute atomic E-state index is 11.3. The second kappa shape index (κ2) is 3.62. The summed E-state index contributed by atoms with van der Waals surface area (Å²) in [6, 6.07) is 1.48. The van der Waals surface area contributed by atoms with Gasteiger partial charge < -0.3 is 0 Å². The van der Waals surface area contributed by atoms with Gasteiger partial charge in [-0.25, -0.2) is 14.5 Å². The molecule has 0 bridgehead atoms. The zero-order chi connectivity index (χ0) is 11.9. The number of nitrogens with one attached hydrogen (secondary N) is 1. The van der Waals surface area contributed by atoms with Gasteiger partial charge in [0.1, 0.15) is 5.82 Å². The summed E-state index contributed by atoms with van der Waals surface area (Å²) in [6.07, 6.45) is 1.92. The van der Waals surface area contributed by atoms with E-state index >= 15 is 0 Å². The average Bonchev–Trinajstić information content (AvgIpc) is 2.54. The first kappa shape index (κ1) is 11.2. The molecule has 0 atom stereocenters. The SMILES string of the molecule is CSc1nc(C(C)(C)C)nc2cc(=O)[nH]n12. The fraction of sp³-hybridized carbons (Fsp3) is 0.500. The van der Waals surface area contributed by atoms with Gasteiger partial charge in [0, 0.05) is 11.5 Å². The molecule has 2 rings (SSSR count). The summed E-state index contributed by atoms with van der Waals surface area (Å²) in [6.45, 7) is 6.15.